The molecule has 0 bridgehead atoms. The van der Waals surface area contributed by atoms with Crippen LogP contribution in [0, 0.1) is 10.1 Å². The number of rotatable bonds is 4. The minimum absolute atomic E-state index is 0.0466. The Morgan fingerprint density at radius 3 is 2.80 bits per heavy atom. The van der Waals surface area contributed by atoms with Crippen LogP contribution in [0.2, 0.25) is 0 Å². The number of hydrogen-bond acceptors (Lipinski definition) is 5. The molecule has 1 fully saturated rings. The third-order valence-corrected chi connectivity index (χ3v) is 3.45. The fourth-order valence-electron chi connectivity index (χ4n) is 2.35. The molecule has 1 aromatic rings. The first-order valence-electron chi connectivity index (χ1n) is 6.47. The van der Waals surface area contributed by atoms with Crippen molar-refractivity contribution in [2.24, 2.45) is 0 Å². The molecule has 1 aliphatic rings. The van der Waals surface area contributed by atoms with Crippen molar-refractivity contribution in [3.8, 4) is 0 Å². The van der Waals surface area contributed by atoms with E-state index in [4.69, 9.17) is 0 Å². The molecule has 1 unspecified atom stereocenters. The Kier molecular flexibility index (Phi) is 4.19. The Labute approximate surface area is 117 Å². The lowest BCUT2D eigenvalue weighted by Gasteiger charge is -2.13. The zero-order valence-corrected chi connectivity index (χ0v) is 11.5. The molecule has 0 saturated carbocycles. The molecule has 1 atom stereocenters. The minimum atomic E-state index is -0.533. The first-order valence-corrected chi connectivity index (χ1v) is 6.47. The molecular weight excluding hydrogens is 260 g/mol. The smallest absolute Gasteiger partial charge is 0.282 e. The van der Waals surface area contributed by atoms with Crippen LogP contribution in [0.5, 0.6) is 0 Å². The SMILES string of the molecule is CNc1ccc([N+](=O)[O-])c(C(=O)NC2CCN(C)C2)c1. The summed E-state index contributed by atoms with van der Waals surface area (Å²) in [5, 5.41) is 16.7. The number of hydrogen-bond donors (Lipinski definition) is 2. The average molecular weight is 278 g/mol. The lowest BCUT2D eigenvalue weighted by Crippen LogP contribution is -2.36. The Morgan fingerprint density at radius 1 is 1.50 bits per heavy atom. The van der Waals surface area contributed by atoms with Crippen LogP contribution < -0.4 is 10.6 Å². The number of likely N-dealkylation sites (tertiary alicyclic amines) is 1. The third kappa shape index (κ3) is 3.05. The van der Waals surface area contributed by atoms with E-state index in [0.29, 0.717) is 5.69 Å². The van der Waals surface area contributed by atoms with Gasteiger partial charge in [-0.3, -0.25) is 14.9 Å². The molecule has 2 N–H and O–H groups in total. The van der Waals surface area contributed by atoms with Crippen molar-refractivity contribution in [1.29, 1.82) is 0 Å². The number of carbonyl (C=O) groups excluding carboxylic acids is 1. The molecule has 20 heavy (non-hydrogen) atoms. The van der Waals surface area contributed by atoms with Gasteiger partial charge < -0.3 is 15.5 Å². The Morgan fingerprint density at radius 2 is 2.25 bits per heavy atom. The van der Waals surface area contributed by atoms with Gasteiger partial charge in [0.05, 0.1) is 4.92 Å². The molecule has 1 aromatic carbocycles. The van der Waals surface area contributed by atoms with Crippen LogP contribution in [0.1, 0.15) is 16.8 Å². The van der Waals surface area contributed by atoms with E-state index in [1.165, 1.54) is 12.1 Å². The van der Waals surface area contributed by atoms with E-state index in [0.717, 1.165) is 19.5 Å². The van der Waals surface area contributed by atoms with Crippen LogP contribution >= 0.6 is 0 Å². The van der Waals surface area contributed by atoms with E-state index in [2.05, 4.69) is 15.5 Å². The topological polar surface area (TPSA) is 87.5 Å². The van der Waals surface area contributed by atoms with E-state index in [9.17, 15) is 14.9 Å². The number of benzene rings is 1. The molecule has 0 spiro atoms. The predicted molar refractivity (Wildman–Crippen MR) is 76.0 cm³/mol. The number of nitro groups is 1. The van der Waals surface area contributed by atoms with Gasteiger partial charge in [-0.2, -0.15) is 0 Å². The van der Waals surface area contributed by atoms with Crippen LogP contribution in [-0.4, -0.2) is 49.0 Å². The Balaban J connectivity index is 2.21. The zero-order valence-electron chi connectivity index (χ0n) is 11.5. The first kappa shape index (κ1) is 14.3. The molecule has 1 aliphatic heterocycles. The fraction of sp³-hybridized carbons (Fsp3) is 0.462. The number of anilines is 1. The zero-order chi connectivity index (χ0) is 14.7. The van der Waals surface area contributed by atoms with Gasteiger partial charge in [0.15, 0.2) is 0 Å². The Bertz CT molecular complexity index is 532. The van der Waals surface area contributed by atoms with Crippen molar-refractivity contribution < 1.29 is 9.72 Å². The Hall–Kier alpha value is -2.15. The van der Waals surface area contributed by atoms with Crippen LogP contribution in [0.15, 0.2) is 18.2 Å². The molecule has 7 nitrogen and oxygen atoms in total. The van der Waals surface area contributed by atoms with Gasteiger partial charge in [-0.25, -0.2) is 0 Å². The van der Waals surface area contributed by atoms with Crippen molar-refractivity contribution in [3.05, 3.63) is 33.9 Å². The van der Waals surface area contributed by atoms with Gasteiger partial charge in [-0.15, -0.1) is 0 Å². The van der Waals surface area contributed by atoms with Crippen molar-refractivity contribution in [2.75, 3.05) is 32.5 Å². The monoisotopic (exact) mass is 278 g/mol. The standard InChI is InChI=1S/C13H18N4O3/c1-14-9-3-4-12(17(19)20)11(7-9)13(18)15-10-5-6-16(2)8-10/h3-4,7,10,14H,5-6,8H2,1-2H3,(H,15,18). The van der Waals surface area contributed by atoms with Gasteiger partial charge >= 0.3 is 0 Å². The number of nitrogens with one attached hydrogen (secondary N) is 2. The molecule has 1 heterocycles. The highest BCUT2D eigenvalue weighted by molar-refractivity contribution is 5.99. The summed E-state index contributed by atoms with van der Waals surface area (Å²) in [6, 6.07) is 4.48. The molecular formula is C13H18N4O3. The van der Waals surface area contributed by atoms with Gasteiger partial charge in [-0.05, 0) is 32.1 Å². The van der Waals surface area contributed by atoms with Gasteiger partial charge in [0, 0.05) is 31.4 Å². The third-order valence-electron chi connectivity index (χ3n) is 3.45. The van der Waals surface area contributed by atoms with E-state index in [1.807, 2.05) is 7.05 Å². The summed E-state index contributed by atoms with van der Waals surface area (Å²) in [5.41, 5.74) is 0.591. The van der Waals surface area contributed by atoms with Crippen molar-refractivity contribution >= 4 is 17.3 Å². The molecule has 0 aromatic heterocycles. The average Bonchev–Trinajstić information content (AvgIpc) is 2.83. The normalized spacial score (nSPS) is 18.8. The second-order valence-electron chi connectivity index (χ2n) is 4.96. The first-order chi connectivity index (χ1) is 9.51. The van der Waals surface area contributed by atoms with Gasteiger partial charge in [0.2, 0.25) is 0 Å². The van der Waals surface area contributed by atoms with Gasteiger partial charge in [0.1, 0.15) is 5.56 Å². The van der Waals surface area contributed by atoms with Crippen LogP contribution in [0.3, 0.4) is 0 Å². The van der Waals surface area contributed by atoms with Crippen molar-refractivity contribution in [1.82, 2.24) is 10.2 Å². The number of carbonyl (C=O) groups is 1. The molecule has 1 saturated heterocycles. The number of nitro benzene ring substituents is 1. The van der Waals surface area contributed by atoms with Crippen molar-refractivity contribution in [3.63, 3.8) is 0 Å². The van der Waals surface area contributed by atoms with E-state index >= 15 is 0 Å². The van der Waals surface area contributed by atoms with Gasteiger partial charge in [-0.1, -0.05) is 0 Å². The largest absolute Gasteiger partial charge is 0.388 e. The van der Waals surface area contributed by atoms with Crippen molar-refractivity contribution in [2.45, 2.75) is 12.5 Å². The summed E-state index contributed by atoms with van der Waals surface area (Å²) in [6.07, 6.45) is 0.863. The molecule has 7 heteroatoms. The highest BCUT2D eigenvalue weighted by atomic mass is 16.6. The van der Waals surface area contributed by atoms with E-state index < -0.39 is 10.8 Å². The van der Waals surface area contributed by atoms with Crippen LogP contribution in [-0.2, 0) is 0 Å². The number of likely N-dealkylation sites (N-methyl/N-ethyl adjacent to an activating group) is 1. The van der Waals surface area contributed by atoms with E-state index in [-0.39, 0.29) is 17.3 Å². The molecule has 2 rings (SSSR count). The van der Waals surface area contributed by atoms with Crippen LogP contribution in [0.4, 0.5) is 11.4 Å². The summed E-state index contributed by atoms with van der Waals surface area (Å²) in [7, 11) is 3.69. The second kappa shape index (κ2) is 5.87. The lowest BCUT2D eigenvalue weighted by atomic mass is 10.1. The summed E-state index contributed by atoms with van der Waals surface area (Å²) >= 11 is 0. The minimum Gasteiger partial charge on any atom is -0.388 e. The van der Waals surface area contributed by atoms with Crippen LogP contribution in [0.25, 0.3) is 0 Å². The lowest BCUT2D eigenvalue weighted by molar-refractivity contribution is -0.385. The molecule has 0 radical (unpaired) electrons. The quantitative estimate of drug-likeness (QED) is 0.635. The van der Waals surface area contributed by atoms with E-state index in [1.54, 1.807) is 13.1 Å². The predicted octanol–water partition coefficient (Wildman–Crippen LogP) is 1.07. The van der Waals surface area contributed by atoms with Gasteiger partial charge in [0.25, 0.3) is 11.6 Å². The molecule has 0 aliphatic carbocycles. The molecule has 108 valence electrons. The maximum atomic E-state index is 12.2. The summed E-state index contributed by atoms with van der Waals surface area (Å²) in [5.74, 6) is -0.394. The fourth-order valence-corrected chi connectivity index (χ4v) is 2.35. The summed E-state index contributed by atoms with van der Waals surface area (Å²) in [6.45, 7) is 1.69. The molecule has 1 amide bonds. The highest BCUT2D eigenvalue weighted by Crippen LogP contribution is 2.23. The second-order valence-corrected chi connectivity index (χ2v) is 4.96. The highest BCUT2D eigenvalue weighted by Gasteiger charge is 2.25. The summed E-state index contributed by atoms with van der Waals surface area (Å²) in [4.78, 5) is 24.8. The summed E-state index contributed by atoms with van der Waals surface area (Å²) < 4.78 is 0. The number of nitrogens with zero attached hydrogens (tertiary/aromatic N) is 2. The maximum Gasteiger partial charge on any atom is 0.282 e. The maximum absolute atomic E-state index is 12.2. The number of amides is 1.